The van der Waals surface area contributed by atoms with E-state index < -0.39 is 0 Å². The van der Waals surface area contributed by atoms with Crippen molar-refractivity contribution in [2.45, 2.75) is 25.2 Å². The Morgan fingerprint density at radius 3 is 2.72 bits per heavy atom. The molecular weight excluding hydrogens is 312 g/mol. The number of hydrogen-bond acceptors (Lipinski definition) is 4. The van der Waals surface area contributed by atoms with Gasteiger partial charge in [0.2, 0.25) is 0 Å². The van der Waals surface area contributed by atoms with Crippen LogP contribution in [0.4, 0.5) is 0 Å². The molecule has 94 valence electrons. The number of halogens is 1. The summed E-state index contributed by atoms with van der Waals surface area (Å²) in [4.78, 5) is 10.3. The number of aromatic nitrogens is 2. The molecule has 0 spiro atoms. The Morgan fingerprint density at radius 2 is 2.17 bits per heavy atom. The molecule has 1 saturated carbocycles. The largest absolute Gasteiger partial charge is 0.395 e. The van der Waals surface area contributed by atoms with Crippen molar-refractivity contribution < 1.29 is 5.11 Å². The van der Waals surface area contributed by atoms with E-state index in [2.05, 4.69) is 32.0 Å². The molecular formula is C13H13BrN2OS. The summed E-state index contributed by atoms with van der Waals surface area (Å²) in [5, 5.41) is 11.5. The lowest BCUT2D eigenvalue weighted by molar-refractivity contribution is 0.249. The molecule has 0 aromatic carbocycles. The molecule has 0 radical (unpaired) electrons. The fourth-order valence-electron chi connectivity index (χ4n) is 1.98. The van der Waals surface area contributed by atoms with Gasteiger partial charge in [-0.1, -0.05) is 0 Å². The topological polar surface area (TPSA) is 46.0 Å². The Bertz CT molecular complexity index is 592. The first-order chi connectivity index (χ1) is 8.63. The smallest absolute Gasteiger partial charge is 0.137 e. The fraction of sp³-hybridized carbons (Fsp3) is 0.385. The zero-order chi connectivity index (χ0) is 12.8. The standard InChI is InChI=1S/C13H13BrN2OS/c1-8-4-10(11-5-9(14)6-18-11)16-12(15-8)13(7-17)2-3-13/h4-6,17H,2-3,7H2,1H3. The number of aryl methyl sites for hydroxylation is 1. The van der Waals surface area contributed by atoms with Gasteiger partial charge in [-0.15, -0.1) is 11.3 Å². The Hall–Kier alpha value is -0.780. The Kier molecular flexibility index (Phi) is 3.00. The van der Waals surface area contributed by atoms with Crippen molar-refractivity contribution in [1.82, 2.24) is 9.97 Å². The normalized spacial score (nSPS) is 16.8. The van der Waals surface area contributed by atoms with Gasteiger partial charge in [-0.3, -0.25) is 0 Å². The predicted molar refractivity (Wildman–Crippen MR) is 75.8 cm³/mol. The Balaban J connectivity index is 2.06. The quantitative estimate of drug-likeness (QED) is 0.942. The van der Waals surface area contributed by atoms with Gasteiger partial charge in [0.15, 0.2) is 0 Å². The molecule has 1 N–H and O–H groups in total. The van der Waals surface area contributed by atoms with Gasteiger partial charge in [0.05, 0.1) is 22.6 Å². The van der Waals surface area contributed by atoms with E-state index in [1.807, 2.05) is 18.4 Å². The second-order valence-corrected chi connectivity index (χ2v) is 6.61. The van der Waals surface area contributed by atoms with Crippen LogP contribution in [0.15, 0.2) is 22.0 Å². The minimum atomic E-state index is -0.171. The molecule has 0 aliphatic heterocycles. The van der Waals surface area contributed by atoms with Gasteiger partial charge in [-0.25, -0.2) is 9.97 Å². The molecule has 3 rings (SSSR count). The van der Waals surface area contributed by atoms with E-state index in [1.54, 1.807) is 11.3 Å². The number of nitrogens with zero attached hydrogens (tertiary/aromatic N) is 2. The first-order valence-corrected chi connectivity index (χ1v) is 7.52. The van der Waals surface area contributed by atoms with E-state index in [0.717, 1.165) is 39.4 Å². The van der Waals surface area contributed by atoms with Crippen LogP contribution >= 0.6 is 27.3 Å². The molecule has 3 nitrogen and oxygen atoms in total. The van der Waals surface area contributed by atoms with Crippen molar-refractivity contribution in [2.75, 3.05) is 6.61 Å². The van der Waals surface area contributed by atoms with Gasteiger partial charge in [-0.05, 0) is 47.8 Å². The van der Waals surface area contributed by atoms with Crippen molar-refractivity contribution in [3.05, 3.63) is 33.5 Å². The van der Waals surface area contributed by atoms with Crippen molar-refractivity contribution in [1.29, 1.82) is 0 Å². The molecule has 0 amide bonds. The van der Waals surface area contributed by atoms with E-state index in [-0.39, 0.29) is 12.0 Å². The van der Waals surface area contributed by atoms with Gasteiger partial charge in [0.1, 0.15) is 5.82 Å². The molecule has 0 atom stereocenters. The fourth-order valence-corrected chi connectivity index (χ4v) is 3.37. The highest BCUT2D eigenvalue weighted by atomic mass is 79.9. The lowest BCUT2D eigenvalue weighted by Gasteiger charge is -2.11. The van der Waals surface area contributed by atoms with Crippen LogP contribution in [-0.2, 0) is 5.41 Å². The third kappa shape index (κ3) is 2.11. The second kappa shape index (κ2) is 4.40. The summed E-state index contributed by atoms with van der Waals surface area (Å²) in [6.45, 7) is 2.12. The van der Waals surface area contributed by atoms with E-state index in [0.29, 0.717) is 0 Å². The van der Waals surface area contributed by atoms with Crippen LogP contribution in [0.5, 0.6) is 0 Å². The minimum Gasteiger partial charge on any atom is -0.395 e. The van der Waals surface area contributed by atoms with Gasteiger partial charge < -0.3 is 5.11 Å². The van der Waals surface area contributed by atoms with Crippen LogP contribution in [0, 0.1) is 6.92 Å². The van der Waals surface area contributed by atoms with Gasteiger partial charge in [0, 0.05) is 15.5 Å². The molecule has 2 aromatic heterocycles. The third-order valence-corrected chi connectivity index (χ3v) is 5.02. The summed E-state index contributed by atoms with van der Waals surface area (Å²) < 4.78 is 1.07. The van der Waals surface area contributed by atoms with Gasteiger partial charge in [0.25, 0.3) is 0 Å². The highest BCUT2D eigenvalue weighted by Crippen LogP contribution is 2.46. The van der Waals surface area contributed by atoms with E-state index in [4.69, 9.17) is 0 Å². The Labute approximate surface area is 118 Å². The second-order valence-electron chi connectivity index (χ2n) is 4.79. The van der Waals surface area contributed by atoms with E-state index >= 15 is 0 Å². The molecule has 18 heavy (non-hydrogen) atoms. The van der Waals surface area contributed by atoms with Crippen LogP contribution in [-0.4, -0.2) is 21.7 Å². The third-order valence-electron chi connectivity index (χ3n) is 3.30. The van der Waals surface area contributed by atoms with Gasteiger partial charge in [-0.2, -0.15) is 0 Å². The average Bonchev–Trinajstić information content (AvgIpc) is 3.05. The molecule has 0 saturated heterocycles. The SMILES string of the molecule is Cc1cc(-c2cc(Br)cs2)nc(C2(CO)CC2)n1. The van der Waals surface area contributed by atoms with E-state index in [1.165, 1.54) is 0 Å². The minimum absolute atomic E-state index is 0.143. The monoisotopic (exact) mass is 324 g/mol. The zero-order valence-corrected chi connectivity index (χ0v) is 12.4. The average molecular weight is 325 g/mol. The number of rotatable bonds is 3. The van der Waals surface area contributed by atoms with Crippen molar-refractivity contribution in [2.24, 2.45) is 0 Å². The summed E-state index contributed by atoms with van der Waals surface area (Å²) in [5.41, 5.74) is 1.74. The summed E-state index contributed by atoms with van der Waals surface area (Å²) in [7, 11) is 0. The molecule has 2 aromatic rings. The molecule has 1 fully saturated rings. The summed E-state index contributed by atoms with van der Waals surface area (Å²) in [6.07, 6.45) is 1.97. The molecule has 1 aliphatic rings. The van der Waals surface area contributed by atoms with Crippen LogP contribution < -0.4 is 0 Å². The lowest BCUT2D eigenvalue weighted by atomic mass is 10.1. The molecule has 1 aliphatic carbocycles. The number of hydrogen-bond donors (Lipinski definition) is 1. The summed E-state index contributed by atoms with van der Waals surface area (Å²) in [5.74, 6) is 0.796. The summed E-state index contributed by atoms with van der Waals surface area (Å²) in [6, 6.07) is 4.06. The Morgan fingerprint density at radius 1 is 1.39 bits per heavy atom. The maximum absolute atomic E-state index is 9.48. The molecule has 2 heterocycles. The van der Waals surface area contributed by atoms with Crippen molar-refractivity contribution >= 4 is 27.3 Å². The maximum Gasteiger partial charge on any atom is 0.137 e. The van der Waals surface area contributed by atoms with Crippen LogP contribution in [0.3, 0.4) is 0 Å². The lowest BCUT2D eigenvalue weighted by Crippen LogP contribution is -2.17. The highest BCUT2D eigenvalue weighted by molar-refractivity contribution is 9.10. The van der Waals surface area contributed by atoms with Crippen molar-refractivity contribution in [3.8, 4) is 10.6 Å². The molecule has 0 unspecified atom stereocenters. The van der Waals surface area contributed by atoms with Gasteiger partial charge >= 0.3 is 0 Å². The summed E-state index contributed by atoms with van der Waals surface area (Å²) >= 11 is 5.12. The van der Waals surface area contributed by atoms with Crippen LogP contribution in [0.25, 0.3) is 10.6 Å². The zero-order valence-electron chi connectivity index (χ0n) is 9.98. The predicted octanol–water partition coefficient (Wildman–Crippen LogP) is 3.30. The first-order valence-electron chi connectivity index (χ1n) is 5.84. The number of thiophene rings is 1. The van der Waals surface area contributed by atoms with E-state index in [9.17, 15) is 5.11 Å². The van der Waals surface area contributed by atoms with Crippen LogP contribution in [0.2, 0.25) is 0 Å². The molecule has 5 heteroatoms. The molecule has 0 bridgehead atoms. The highest BCUT2D eigenvalue weighted by Gasteiger charge is 2.46. The van der Waals surface area contributed by atoms with Crippen molar-refractivity contribution in [3.63, 3.8) is 0 Å². The number of aliphatic hydroxyl groups is 1. The maximum atomic E-state index is 9.48. The number of aliphatic hydroxyl groups excluding tert-OH is 1. The first kappa shape index (κ1) is 12.3. The van der Waals surface area contributed by atoms with Crippen LogP contribution in [0.1, 0.15) is 24.4 Å².